The van der Waals surface area contributed by atoms with Gasteiger partial charge in [0.15, 0.2) is 5.82 Å². The number of nitrogens with one attached hydrogen (secondary N) is 1. The van der Waals surface area contributed by atoms with Crippen LogP contribution in [0.1, 0.15) is 44.8 Å². The number of amides is 2. The Bertz CT molecular complexity index is 494. The van der Waals surface area contributed by atoms with Crippen molar-refractivity contribution in [3.8, 4) is 0 Å². The molecule has 0 aromatic carbocycles. The summed E-state index contributed by atoms with van der Waals surface area (Å²) in [5.74, 6) is 1.05. The molecule has 1 aliphatic carbocycles. The van der Waals surface area contributed by atoms with Crippen molar-refractivity contribution in [2.45, 2.75) is 46.0 Å². The zero-order chi connectivity index (χ0) is 15.2. The van der Waals surface area contributed by atoms with Gasteiger partial charge < -0.3 is 14.7 Å². The minimum Gasteiger partial charge on any atom is -0.360 e. The molecule has 0 atom stereocenters. The molecule has 1 fully saturated rings. The van der Waals surface area contributed by atoms with E-state index >= 15 is 0 Å². The van der Waals surface area contributed by atoms with Crippen LogP contribution >= 0.6 is 0 Å². The van der Waals surface area contributed by atoms with Crippen LogP contribution in [0.4, 0.5) is 5.82 Å². The van der Waals surface area contributed by atoms with E-state index in [0.717, 1.165) is 32.1 Å². The molecule has 1 saturated carbocycles. The van der Waals surface area contributed by atoms with Gasteiger partial charge in [0.05, 0.1) is 6.54 Å². The van der Waals surface area contributed by atoms with Crippen molar-refractivity contribution in [1.82, 2.24) is 10.1 Å². The minimum atomic E-state index is -0.228. The first-order valence-corrected chi connectivity index (χ1v) is 7.62. The van der Waals surface area contributed by atoms with Crippen LogP contribution in [0.2, 0.25) is 0 Å². The lowest BCUT2D eigenvalue weighted by molar-refractivity contribution is -0.135. The van der Waals surface area contributed by atoms with E-state index in [9.17, 15) is 9.59 Å². The molecule has 2 rings (SSSR count). The van der Waals surface area contributed by atoms with Crippen LogP contribution in [0.25, 0.3) is 0 Å². The molecule has 6 nitrogen and oxygen atoms in total. The molecule has 1 aromatic rings. The van der Waals surface area contributed by atoms with E-state index in [0.29, 0.717) is 18.1 Å². The third-order valence-corrected chi connectivity index (χ3v) is 3.50. The fourth-order valence-corrected chi connectivity index (χ4v) is 2.19. The zero-order valence-electron chi connectivity index (χ0n) is 12.7. The third kappa shape index (κ3) is 4.88. The van der Waals surface area contributed by atoms with Gasteiger partial charge in [-0.2, -0.15) is 0 Å². The molecule has 0 saturated heterocycles. The summed E-state index contributed by atoms with van der Waals surface area (Å²) in [5.41, 5.74) is 0. The van der Waals surface area contributed by atoms with Crippen LogP contribution < -0.4 is 5.32 Å². The highest BCUT2D eigenvalue weighted by atomic mass is 16.5. The number of unbranched alkanes of at least 4 members (excludes halogenated alkanes) is 2. The van der Waals surface area contributed by atoms with E-state index in [1.54, 1.807) is 17.9 Å². The van der Waals surface area contributed by atoms with Gasteiger partial charge in [-0.25, -0.2) is 0 Å². The number of aromatic nitrogens is 1. The molecule has 21 heavy (non-hydrogen) atoms. The Balaban J connectivity index is 1.86. The predicted molar refractivity (Wildman–Crippen MR) is 78.7 cm³/mol. The maximum Gasteiger partial charge on any atom is 0.245 e. The predicted octanol–water partition coefficient (Wildman–Crippen LogP) is 2.35. The second-order valence-electron chi connectivity index (χ2n) is 5.61. The van der Waals surface area contributed by atoms with Gasteiger partial charge in [-0.1, -0.05) is 24.9 Å². The van der Waals surface area contributed by atoms with Crippen molar-refractivity contribution < 1.29 is 14.1 Å². The van der Waals surface area contributed by atoms with E-state index in [2.05, 4.69) is 17.4 Å². The fourth-order valence-electron chi connectivity index (χ4n) is 2.19. The van der Waals surface area contributed by atoms with E-state index < -0.39 is 0 Å². The fraction of sp³-hybridized carbons (Fsp3) is 0.667. The van der Waals surface area contributed by atoms with Crippen LogP contribution in [-0.2, 0) is 9.59 Å². The summed E-state index contributed by atoms with van der Waals surface area (Å²) in [4.78, 5) is 25.9. The monoisotopic (exact) mass is 293 g/mol. The summed E-state index contributed by atoms with van der Waals surface area (Å²) in [6, 6.07) is 1.65. The number of aryl methyl sites for hydroxylation is 1. The smallest absolute Gasteiger partial charge is 0.245 e. The number of carbonyl (C=O) groups is 2. The molecule has 0 spiro atoms. The van der Waals surface area contributed by atoms with Crippen molar-refractivity contribution in [3.63, 3.8) is 0 Å². The van der Waals surface area contributed by atoms with Gasteiger partial charge >= 0.3 is 0 Å². The second-order valence-corrected chi connectivity index (χ2v) is 5.61. The first-order valence-electron chi connectivity index (χ1n) is 7.62. The van der Waals surface area contributed by atoms with Crippen LogP contribution in [0.3, 0.4) is 0 Å². The molecule has 0 unspecified atom stereocenters. The molecule has 1 aromatic heterocycles. The van der Waals surface area contributed by atoms with E-state index in [-0.39, 0.29) is 24.3 Å². The molecule has 1 aliphatic rings. The number of anilines is 1. The number of hydrogen-bond donors (Lipinski definition) is 1. The Morgan fingerprint density at radius 3 is 2.76 bits per heavy atom. The summed E-state index contributed by atoms with van der Waals surface area (Å²) in [7, 11) is 0. The standard InChI is InChI=1S/C15H23N3O3/c1-3-4-5-8-18(15(20)12-6-7-12)10-14(19)16-13-9-11(2)21-17-13/h9,12H,3-8,10H2,1-2H3,(H,16,17,19). The third-order valence-electron chi connectivity index (χ3n) is 3.50. The van der Waals surface area contributed by atoms with Crippen molar-refractivity contribution in [1.29, 1.82) is 0 Å². The summed E-state index contributed by atoms with van der Waals surface area (Å²) in [6.07, 6.45) is 5.00. The van der Waals surface area contributed by atoms with Crippen LogP contribution in [0.5, 0.6) is 0 Å². The highest BCUT2D eigenvalue weighted by molar-refractivity contribution is 5.94. The number of hydrogen-bond acceptors (Lipinski definition) is 4. The first kappa shape index (κ1) is 15.5. The summed E-state index contributed by atoms with van der Waals surface area (Å²) in [6.45, 7) is 4.61. The molecule has 1 heterocycles. The van der Waals surface area contributed by atoms with Gasteiger partial charge in [0.25, 0.3) is 0 Å². The lowest BCUT2D eigenvalue weighted by atomic mass is 10.2. The molecular formula is C15H23N3O3. The van der Waals surface area contributed by atoms with E-state index in [4.69, 9.17) is 4.52 Å². The lowest BCUT2D eigenvalue weighted by Gasteiger charge is -2.21. The number of rotatable bonds is 8. The topological polar surface area (TPSA) is 75.4 Å². The summed E-state index contributed by atoms with van der Waals surface area (Å²) < 4.78 is 4.90. The maximum atomic E-state index is 12.2. The van der Waals surface area contributed by atoms with Gasteiger partial charge in [-0.3, -0.25) is 9.59 Å². The van der Waals surface area contributed by atoms with Gasteiger partial charge in [-0.05, 0) is 26.2 Å². The average molecular weight is 293 g/mol. The maximum absolute atomic E-state index is 12.2. The SMILES string of the molecule is CCCCCN(CC(=O)Nc1cc(C)on1)C(=O)C1CC1. The second kappa shape index (κ2) is 7.24. The summed E-state index contributed by atoms with van der Waals surface area (Å²) in [5, 5.41) is 6.38. The Kier molecular flexibility index (Phi) is 5.36. The normalized spacial score (nSPS) is 14.0. The van der Waals surface area contributed by atoms with Gasteiger partial charge in [0.2, 0.25) is 11.8 Å². The lowest BCUT2D eigenvalue weighted by Crippen LogP contribution is -2.39. The first-order chi connectivity index (χ1) is 10.1. The Labute approximate surface area is 124 Å². The van der Waals surface area contributed by atoms with E-state index in [1.165, 1.54) is 0 Å². The van der Waals surface area contributed by atoms with Crippen molar-refractivity contribution in [3.05, 3.63) is 11.8 Å². The molecule has 0 radical (unpaired) electrons. The molecule has 2 amide bonds. The van der Waals surface area contributed by atoms with Gasteiger partial charge in [0.1, 0.15) is 5.76 Å². The van der Waals surface area contributed by atoms with Crippen LogP contribution in [-0.4, -0.2) is 35.0 Å². The minimum absolute atomic E-state index is 0.0882. The Hall–Kier alpha value is -1.85. The zero-order valence-corrected chi connectivity index (χ0v) is 12.7. The Morgan fingerprint density at radius 2 is 2.19 bits per heavy atom. The number of carbonyl (C=O) groups excluding carboxylic acids is 2. The van der Waals surface area contributed by atoms with Gasteiger partial charge in [0, 0.05) is 18.5 Å². The van der Waals surface area contributed by atoms with Crippen molar-refractivity contribution in [2.24, 2.45) is 5.92 Å². The molecule has 6 heteroatoms. The quantitative estimate of drug-likeness (QED) is 0.746. The van der Waals surface area contributed by atoms with Crippen LogP contribution in [0.15, 0.2) is 10.6 Å². The largest absolute Gasteiger partial charge is 0.360 e. The van der Waals surface area contributed by atoms with E-state index in [1.807, 2.05) is 0 Å². The molecule has 0 aliphatic heterocycles. The Morgan fingerprint density at radius 1 is 1.43 bits per heavy atom. The van der Waals surface area contributed by atoms with Crippen molar-refractivity contribution >= 4 is 17.6 Å². The number of nitrogens with zero attached hydrogens (tertiary/aromatic N) is 2. The highest BCUT2D eigenvalue weighted by Gasteiger charge is 2.33. The average Bonchev–Trinajstić information content (AvgIpc) is 3.21. The molecule has 0 bridgehead atoms. The van der Waals surface area contributed by atoms with Crippen molar-refractivity contribution in [2.75, 3.05) is 18.4 Å². The van der Waals surface area contributed by atoms with Gasteiger partial charge in [-0.15, -0.1) is 0 Å². The molecular weight excluding hydrogens is 270 g/mol. The summed E-state index contributed by atoms with van der Waals surface area (Å²) >= 11 is 0. The molecule has 1 N–H and O–H groups in total. The highest BCUT2D eigenvalue weighted by Crippen LogP contribution is 2.31. The molecule has 116 valence electrons. The van der Waals surface area contributed by atoms with Crippen LogP contribution in [0, 0.1) is 12.8 Å².